The summed E-state index contributed by atoms with van der Waals surface area (Å²) in [4.78, 5) is 4.48. The summed E-state index contributed by atoms with van der Waals surface area (Å²) in [6, 6.07) is 9.14. The summed E-state index contributed by atoms with van der Waals surface area (Å²) in [5.74, 6) is 0. The van der Waals surface area contributed by atoms with Crippen LogP contribution in [0.5, 0.6) is 0 Å². The summed E-state index contributed by atoms with van der Waals surface area (Å²) in [5.41, 5.74) is 2.61. The minimum atomic E-state index is -0.329. The number of piperidine rings is 1. The van der Waals surface area contributed by atoms with Crippen LogP contribution in [0.25, 0.3) is 0 Å². The molecule has 1 aliphatic heterocycles. The van der Waals surface area contributed by atoms with Gasteiger partial charge in [0, 0.05) is 37.9 Å². The van der Waals surface area contributed by atoms with E-state index < -0.39 is 0 Å². The van der Waals surface area contributed by atoms with Crippen molar-refractivity contribution in [2.75, 3.05) is 45.2 Å². The maximum atomic E-state index is 9.92. The Hall–Kier alpha value is -1.10. The number of anilines is 1. The molecule has 4 heteroatoms. The Morgan fingerprint density at radius 3 is 2.36 bits per heavy atom. The second-order valence-corrected chi connectivity index (χ2v) is 6.69. The maximum absolute atomic E-state index is 9.92. The Bertz CT molecular complexity index is 426. The molecule has 1 heterocycles. The number of hydrogen-bond donors (Lipinski definition) is 2. The third-order valence-electron chi connectivity index (χ3n) is 4.35. The summed E-state index contributed by atoms with van der Waals surface area (Å²) in [7, 11) is 3.96. The van der Waals surface area contributed by atoms with Crippen LogP contribution in [0, 0.1) is 0 Å². The zero-order valence-electron chi connectivity index (χ0n) is 14.3. The minimum absolute atomic E-state index is 0.257. The number of aliphatic hydroxyl groups is 1. The smallest absolute Gasteiger partial charge is 0.0791 e. The average Bonchev–Trinajstić information content (AvgIpc) is 2.53. The van der Waals surface area contributed by atoms with Crippen molar-refractivity contribution >= 4 is 5.69 Å². The fraction of sp³-hybridized carbons (Fsp3) is 0.667. The Labute approximate surface area is 135 Å². The molecule has 2 unspecified atom stereocenters. The molecule has 4 nitrogen and oxygen atoms in total. The molecule has 2 N–H and O–H groups in total. The van der Waals surface area contributed by atoms with E-state index in [9.17, 15) is 5.11 Å². The number of hydrogen-bond acceptors (Lipinski definition) is 4. The first-order valence-corrected chi connectivity index (χ1v) is 8.47. The van der Waals surface area contributed by atoms with Gasteiger partial charge < -0.3 is 20.2 Å². The molecule has 22 heavy (non-hydrogen) atoms. The molecule has 1 aromatic rings. The third-order valence-corrected chi connectivity index (χ3v) is 4.35. The van der Waals surface area contributed by atoms with Crippen LogP contribution in [-0.4, -0.2) is 56.4 Å². The lowest BCUT2D eigenvalue weighted by molar-refractivity contribution is 0.132. The second kappa shape index (κ2) is 8.51. The Morgan fingerprint density at radius 2 is 1.77 bits per heavy atom. The number of likely N-dealkylation sites (N-methyl/N-ethyl adjacent to an activating group) is 1. The number of aliphatic hydroxyl groups excluding tert-OH is 1. The third kappa shape index (κ3) is 5.27. The van der Waals surface area contributed by atoms with E-state index in [0.29, 0.717) is 13.1 Å². The van der Waals surface area contributed by atoms with Crippen molar-refractivity contribution in [1.29, 1.82) is 0 Å². The molecule has 0 bridgehead atoms. The van der Waals surface area contributed by atoms with Gasteiger partial charge in [-0.1, -0.05) is 12.1 Å². The molecule has 0 aromatic heterocycles. The van der Waals surface area contributed by atoms with Crippen LogP contribution >= 0.6 is 0 Å². The summed E-state index contributed by atoms with van der Waals surface area (Å²) in [6.45, 7) is 5.83. The average molecular weight is 305 g/mol. The molecule has 0 radical (unpaired) electrons. The van der Waals surface area contributed by atoms with Gasteiger partial charge in [0.05, 0.1) is 6.10 Å². The van der Waals surface area contributed by atoms with Crippen molar-refractivity contribution in [3.05, 3.63) is 29.8 Å². The molecule has 0 spiro atoms. The topological polar surface area (TPSA) is 38.7 Å². The van der Waals surface area contributed by atoms with E-state index in [-0.39, 0.29) is 12.1 Å². The lowest BCUT2D eigenvalue weighted by Gasteiger charge is -2.29. The first kappa shape index (κ1) is 17.3. The Balaban J connectivity index is 1.83. The molecular weight excluding hydrogens is 274 g/mol. The van der Waals surface area contributed by atoms with E-state index in [1.807, 2.05) is 19.0 Å². The lowest BCUT2D eigenvalue weighted by Crippen LogP contribution is -2.36. The number of rotatable bonds is 7. The van der Waals surface area contributed by atoms with Crippen LogP contribution in [0.2, 0.25) is 0 Å². The summed E-state index contributed by atoms with van der Waals surface area (Å²) in [6.07, 6.45) is 3.66. The summed E-state index contributed by atoms with van der Waals surface area (Å²) < 4.78 is 0. The van der Waals surface area contributed by atoms with Gasteiger partial charge in [-0.25, -0.2) is 0 Å². The predicted molar refractivity (Wildman–Crippen MR) is 93.5 cm³/mol. The van der Waals surface area contributed by atoms with E-state index in [0.717, 1.165) is 0 Å². The van der Waals surface area contributed by atoms with E-state index in [2.05, 4.69) is 41.4 Å². The van der Waals surface area contributed by atoms with Crippen molar-refractivity contribution < 1.29 is 5.11 Å². The highest BCUT2D eigenvalue weighted by molar-refractivity contribution is 5.48. The Kier molecular flexibility index (Phi) is 6.68. The van der Waals surface area contributed by atoms with E-state index in [1.165, 1.54) is 43.6 Å². The van der Waals surface area contributed by atoms with Crippen LogP contribution in [0.15, 0.2) is 24.3 Å². The van der Waals surface area contributed by atoms with Gasteiger partial charge in [-0.15, -0.1) is 0 Å². The summed E-state index contributed by atoms with van der Waals surface area (Å²) in [5, 5.41) is 13.3. The van der Waals surface area contributed by atoms with Gasteiger partial charge in [0.2, 0.25) is 0 Å². The zero-order valence-corrected chi connectivity index (χ0v) is 14.3. The van der Waals surface area contributed by atoms with Crippen LogP contribution < -0.4 is 10.2 Å². The second-order valence-electron chi connectivity index (χ2n) is 6.69. The van der Waals surface area contributed by atoms with Crippen molar-refractivity contribution in [1.82, 2.24) is 10.2 Å². The monoisotopic (exact) mass is 305 g/mol. The molecule has 0 aliphatic carbocycles. The van der Waals surface area contributed by atoms with Crippen molar-refractivity contribution in [3.63, 3.8) is 0 Å². The van der Waals surface area contributed by atoms with E-state index >= 15 is 0 Å². The summed E-state index contributed by atoms with van der Waals surface area (Å²) >= 11 is 0. The fourth-order valence-electron chi connectivity index (χ4n) is 3.04. The van der Waals surface area contributed by atoms with Gasteiger partial charge in [0.1, 0.15) is 0 Å². The molecule has 1 aromatic carbocycles. The number of nitrogens with zero attached hydrogens (tertiary/aromatic N) is 2. The maximum Gasteiger partial charge on any atom is 0.0791 e. The largest absolute Gasteiger partial charge is 0.390 e. The van der Waals surface area contributed by atoms with E-state index in [4.69, 9.17) is 0 Å². The van der Waals surface area contributed by atoms with Gasteiger partial charge in [-0.3, -0.25) is 0 Å². The quantitative estimate of drug-likeness (QED) is 0.810. The Morgan fingerprint density at radius 1 is 1.14 bits per heavy atom. The predicted octanol–water partition coefficient (Wildman–Crippen LogP) is 2.25. The fourth-order valence-corrected chi connectivity index (χ4v) is 3.04. The molecule has 0 amide bonds. The van der Waals surface area contributed by atoms with Crippen molar-refractivity contribution in [2.24, 2.45) is 0 Å². The van der Waals surface area contributed by atoms with Crippen LogP contribution in [0.3, 0.4) is 0 Å². The van der Waals surface area contributed by atoms with Gasteiger partial charge >= 0.3 is 0 Å². The molecule has 1 saturated heterocycles. The highest BCUT2D eigenvalue weighted by Gasteiger charge is 2.12. The highest BCUT2D eigenvalue weighted by Crippen LogP contribution is 2.22. The van der Waals surface area contributed by atoms with E-state index in [1.54, 1.807) is 0 Å². The number of nitrogens with one attached hydrogen (secondary N) is 1. The first-order valence-electron chi connectivity index (χ1n) is 8.47. The standard InChI is InChI=1S/C18H31N3O/c1-15(19-13-18(22)14-20(2)3)16-7-9-17(10-8-16)21-11-5-4-6-12-21/h7-10,15,18-19,22H,4-6,11-14H2,1-3H3. The lowest BCUT2D eigenvalue weighted by atomic mass is 10.1. The SMILES string of the molecule is CC(NCC(O)CN(C)C)c1ccc(N2CCCCC2)cc1. The van der Waals surface area contributed by atoms with Gasteiger partial charge in [-0.05, 0) is 58.0 Å². The van der Waals surface area contributed by atoms with Gasteiger partial charge in [0.25, 0.3) is 0 Å². The zero-order chi connectivity index (χ0) is 15.9. The van der Waals surface area contributed by atoms with Crippen molar-refractivity contribution in [2.45, 2.75) is 38.3 Å². The molecule has 124 valence electrons. The van der Waals surface area contributed by atoms with Gasteiger partial charge in [-0.2, -0.15) is 0 Å². The molecule has 2 rings (SSSR count). The van der Waals surface area contributed by atoms with Gasteiger partial charge in [0.15, 0.2) is 0 Å². The molecule has 2 atom stereocenters. The van der Waals surface area contributed by atoms with Crippen LogP contribution in [0.1, 0.15) is 37.8 Å². The number of benzene rings is 1. The van der Waals surface area contributed by atoms with Crippen LogP contribution in [0.4, 0.5) is 5.69 Å². The molecule has 1 aliphatic rings. The normalized spacial score (nSPS) is 18.5. The molecule has 0 saturated carbocycles. The minimum Gasteiger partial charge on any atom is -0.390 e. The molecule has 1 fully saturated rings. The highest BCUT2D eigenvalue weighted by atomic mass is 16.3. The molecular formula is C18H31N3O. The first-order chi connectivity index (χ1) is 10.6. The van der Waals surface area contributed by atoms with Crippen molar-refractivity contribution in [3.8, 4) is 0 Å². The van der Waals surface area contributed by atoms with Crippen LogP contribution in [-0.2, 0) is 0 Å².